The van der Waals surface area contributed by atoms with Crippen molar-refractivity contribution in [2.24, 2.45) is 5.73 Å². The van der Waals surface area contributed by atoms with Crippen molar-refractivity contribution in [2.45, 2.75) is 32.7 Å². The van der Waals surface area contributed by atoms with Crippen molar-refractivity contribution in [1.29, 1.82) is 0 Å². The van der Waals surface area contributed by atoms with Crippen molar-refractivity contribution >= 4 is 11.6 Å². The van der Waals surface area contributed by atoms with Gasteiger partial charge in [-0.25, -0.2) is 0 Å². The molecule has 0 radical (unpaired) electrons. The predicted octanol–water partition coefficient (Wildman–Crippen LogP) is 5.10. The molecular weight excluding hydrogens is 270 g/mol. The molecule has 0 saturated heterocycles. The first-order valence-electron chi connectivity index (χ1n) is 6.92. The first-order valence-corrected chi connectivity index (χ1v) is 7.29. The van der Waals surface area contributed by atoms with E-state index in [1.165, 1.54) is 5.56 Å². The zero-order valence-electron chi connectivity index (χ0n) is 11.9. The van der Waals surface area contributed by atoms with E-state index in [0.717, 1.165) is 24.2 Å². The first-order chi connectivity index (χ1) is 9.60. The molecule has 0 saturated carbocycles. The number of nitrogens with two attached hydrogens (primary N) is 1. The summed E-state index contributed by atoms with van der Waals surface area (Å²) < 4.78 is 5.80. The van der Waals surface area contributed by atoms with Crippen LogP contribution in [0.2, 0.25) is 5.02 Å². The van der Waals surface area contributed by atoms with Gasteiger partial charge in [-0.2, -0.15) is 0 Å². The van der Waals surface area contributed by atoms with E-state index in [9.17, 15) is 0 Å². The minimum atomic E-state index is -0.0325. The maximum Gasteiger partial charge on any atom is 0.146 e. The van der Waals surface area contributed by atoms with Crippen molar-refractivity contribution in [2.75, 3.05) is 0 Å². The van der Waals surface area contributed by atoms with Crippen LogP contribution in [0.4, 0.5) is 0 Å². The van der Waals surface area contributed by atoms with Crippen molar-refractivity contribution < 1.29 is 4.74 Å². The van der Waals surface area contributed by atoms with Gasteiger partial charge in [0.2, 0.25) is 0 Å². The van der Waals surface area contributed by atoms with Crippen LogP contribution in [-0.2, 0) is 6.42 Å². The number of hydrogen-bond donors (Lipinski definition) is 1. The van der Waals surface area contributed by atoms with Crippen LogP contribution in [-0.4, -0.2) is 0 Å². The Bertz CT molecular complexity index is 564. The topological polar surface area (TPSA) is 35.2 Å². The Balaban J connectivity index is 2.13. The zero-order valence-corrected chi connectivity index (χ0v) is 12.7. The molecule has 0 spiro atoms. The molecule has 0 aliphatic rings. The number of benzene rings is 2. The summed E-state index contributed by atoms with van der Waals surface area (Å²) in [6, 6.07) is 13.7. The molecule has 0 fully saturated rings. The number of aryl methyl sites for hydroxylation is 1. The van der Waals surface area contributed by atoms with E-state index in [0.29, 0.717) is 10.8 Å². The molecule has 0 aliphatic carbocycles. The largest absolute Gasteiger partial charge is 0.456 e. The highest BCUT2D eigenvalue weighted by Crippen LogP contribution is 2.31. The summed E-state index contributed by atoms with van der Waals surface area (Å²) >= 11 is 6.22. The average molecular weight is 290 g/mol. The van der Waals surface area contributed by atoms with E-state index in [1.807, 2.05) is 37.3 Å². The quantitative estimate of drug-likeness (QED) is 0.830. The minimum Gasteiger partial charge on any atom is -0.456 e. The smallest absolute Gasteiger partial charge is 0.146 e. The zero-order chi connectivity index (χ0) is 14.5. The van der Waals surface area contributed by atoms with Crippen LogP contribution in [0.5, 0.6) is 11.5 Å². The molecule has 0 aliphatic heterocycles. The summed E-state index contributed by atoms with van der Waals surface area (Å²) in [4.78, 5) is 0. The van der Waals surface area contributed by atoms with Gasteiger partial charge in [-0.15, -0.1) is 0 Å². The van der Waals surface area contributed by atoms with Crippen LogP contribution in [0.25, 0.3) is 0 Å². The Kier molecular flexibility index (Phi) is 5.05. The molecule has 1 atom stereocenters. The lowest BCUT2D eigenvalue weighted by Crippen LogP contribution is -2.04. The molecule has 0 bridgehead atoms. The number of hydrogen-bond acceptors (Lipinski definition) is 2. The molecule has 0 heterocycles. The van der Waals surface area contributed by atoms with Gasteiger partial charge in [-0.05, 0) is 48.7 Å². The Morgan fingerprint density at radius 2 is 1.85 bits per heavy atom. The van der Waals surface area contributed by atoms with E-state index in [4.69, 9.17) is 22.1 Å². The van der Waals surface area contributed by atoms with Gasteiger partial charge < -0.3 is 10.5 Å². The summed E-state index contributed by atoms with van der Waals surface area (Å²) in [7, 11) is 0. The first kappa shape index (κ1) is 14.9. The van der Waals surface area contributed by atoms with Gasteiger partial charge >= 0.3 is 0 Å². The lowest BCUT2D eigenvalue weighted by Gasteiger charge is -2.11. The molecule has 2 nitrogen and oxygen atoms in total. The summed E-state index contributed by atoms with van der Waals surface area (Å²) in [6.45, 7) is 4.10. The second-order valence-electron chi connectivity index (χ2n) is 4.97. The fourth-order valence-electron chi connectivity index (χ4n) is 2.02. The minimum absolute atomic E-state index is 0.0325. The van der Waals surface area contributed by atoms with Gasteiger partial charge in [0.05, 0.1) is 5.02 Å². The number of halogens is 1. The maximum atomic E-state index is 6.22. The molecule has 3 heteroatoms. The number of ether oxygens (including phenoxy) is 1. The predicted molar refractivity (Wildman–Crippen MR) is 84.6 cm³/mol. The fraction of sp³-hybridized carbons (Fsp3) is 0.294. The Hall–Kier alpha value is -1.51. The Labute approximate surface area is 125 Å². The van der Waals surface area contributed by atoms with Gasteiger partial charge in [0.1, 0.15) is 11.5 Å². The van der Waals surface area contributed by atoms with Crippen LogP contribution in [0, 0.1) is 0 Å². The van der Waals surface area contributed by atoms with Gasteiger partial charge in [0.25, 0.3) is 0 Å². The summed E-state index contributed by atoms with van der Waals surface area (Å²) in [5.74, 6) is 1.44. The van der Waals surface area contributed by atoms with Gasteiger partial charge in [0, 0.05) is 6.04 Å². The van der Waals surface area contributed by atoms with E-state index in [2.05, 4.69) is 19.1 Å². The molecule has 0 aromatic heterocycles. The van der Waals surface area contributed by atoms with Crippen LogP contribution < -0.4 is 10.5 Å². The van der Waals surface area contributed by atoms with Gasteiger partial charge in [-0.1, -0.05) is 43.1 Å². The second-order valence-corrected chi connectivity index (χ2v) is 5.38. The van der Waals surface area contributed by atoms with Gasteiger partial charge in [0.15, 0.2) is 0 Å². The normalized spacial score (nSPS) is 12.2. The Morgan fingerprint density at radius 3 is 2.40 bits per heavy atom. The summed E-state index contributed by atoms with van der Waals surface area (Å²) in [6.07, 6.45) is 2.23. The summed E-state index contributed by atoms with van der Waals surface area (Å²) in [5, 5.41) is 0.581. The molecule has 106 valence electrons. The molecule has 0 amide bonds. The molecule has 2 aromatic carbocycles. The SMILES string of the molecule is CCCc1ccc(Oc2ccc(C(C)N)cc2Cl)cc1. The second kappa shape index (κ2) is 6.78. The standard InChI is InChI=1S/C17H20ClNO/c1-3-4-13-5-8-15(9-6-13)20-17-10-7-14(12(2)19)11-16(17)18/h5-12H,3-4,19H2,1-2H3. The van der Waals surface area contributed by atoms with E-state index >= 15 is 0 Å². The third-order valence-corrected chi connectivity index (χ3v) is 3.47. The molecule has 1 unspecified atom stereocenters. The highest BCUT2D eigenvalue weighted by atomic mass is 35.5. The maximum absolute atomic E-state index is 6.22. The fourth-order valence-corrected chi connectivity index (χ4v) is 2.25. The van der Waals surface area contributed by atoms with Crippen LogP contribution in [0.1, 0.15) is 37.4 Å². The third kappa shape index (κ3) is 3.75. The van der Waals surface area contributed by atoms with Crippen molar-refractivity contribution in [1.82, 2.24) is 0 Å². The van der Waals surface area contributed by atoms with Crippen molar-refractivity contribution in [3.8, 4) is 11.5 Å². The lowest BCUT2D eigenvalue weighted by atomic mass is 10.1. The van der Waals surface area contributed by atoms with E-state index in [-0.39, 0.29) is 6.04 Å². The van der Waals surface area contributed by atoms with Crippen LogP contribution >= 0.6 is 11.6 Å². The third-order valence-electron chi connectivity index (χ3n) is 3.17. The molecule has 20 heavy (non-hydrogen) atoms. The monoisotopic (exact) mass is 289 g/mol. The Morgan fingerprint density at radius 1 is 1.15 bits per heavy atom. The van der Waals surface area contributed by atoms with E-state index < -0.39 is 0 Å². The highest BCUT2D eigenvalue weighted by molar-refractivity contribution is 6.32. The van der Waals surface area contributed by atoms with Crippen LogP contribution in [0.15, 0.2) is 42.5 Å². The highest BCUT2D eigenvalue weighted by Gasteiger charge is 2.07. The molecule has 2 rings (SSSR count). The van der Waals surface area contributed by atoms with Crippen molar-refractivity contribution in [3.05, 3.63) is 58.6 Å². The molecular formula is C17H20ClNO. The van der Waals surface area contributed by atoms with Crippen molar-refractivity contribution in [3.63, 3.8) is 0 Å². The van der Waals surface area contributed by atoms with Gasteiger partial charge in [-0.3, -0.25) is 0 Å². The summed E-state index contributed by atoms with van der Waals surface area (Å²) in [5.41, 5.74) is 8.15. The lowest BCUT2D eigenvalue weighted by molar-refractivity contribution is 0.482. The average Bonchev–Trinajstić information content (AvgIpc) is 2.43. The molecule has 2 aromatic rings. The van der Waals surface area contributed by atoms with Crippen LogP contribution in [0.3, 0.4) is 0 Å². The number of rotatable bonds is 5. The molecule has 2 N–H and O–H groups in total. The van der Waals surface area contributed by atoms with E-state index in [1.54, 1.807) is 0 Å².